The summed E-state index contributed by atoms with van der Waals surface area (Å²) in [6.45, 7) is 3.49. The first-order chi connectivity index (χ1) is 9.74. The van der Waals surface area contributed by atoms with Crippen LogP contribution in [0.15, 0.2) is 18.2 Å². The maximum absolute atomic E-state index is 12.3. The minimum absolute atomic E-state index is 0.213. The summed E-state index contributed by atoms with van der Waals surface area (Å²) in [6, 6.07) is 5.02. The smallest absolute Gasteiger partial charge is 0.417 e. The third-order valence-corrected chi connectivity index (χ3v) is 2.74. The fraction of sp³-hybridized carbons (Fsp3) is 0.571. The van der Waals surface area contributed by atoms with Crippen molar-refractivity contribution >= 4 is 0 Å². The molecule has 1 aromatic carbocycles. The van der Waals surface area contributed by atoms with Crippen molar-refractivity contribution in [2.45, 2.75) is 38.7 Å². The minimum Gasteiger partial charge on any atom is -0.497 e. The van der Waals surface area contributed by atoms with Gasteiger partial charge in [-0.3, -0.25) is 0 Å². The van der Waals surface area contributed by atoms with Gasteiger partial charge >= 0.3 is 6.18 Å². The van der Waals surface area contributed by atoms with Crippen molar-refractivity contribution < 1.29 is 27.8 Å². The van der Waals surface area contributed by atoms with Gasteiger partial charge in [0.15, 0.2) is 6.10 Å². The van der Waals surface area contributed by atoms with E-state index in [4.69, 9.17) is 14.6 Å². The Morgan fingerprint density at radius 2 is 1.95 bits per heavy atom. The van der Waals surface area contributed by atoms with Gasteiger partial charge in [-0.1, -0.05) is 13.8 Å². The van der Waals surface area contributed by atoms with E-state index in [-0.39, 0.29) is 11.8 Å². The molecule has 0 aliphatic carbocycles. The van der Waals surface area contributed by atoms with E-state index in [1.165, 1.54) is 13.2 Å². The van der Waals surface area contributed by atoms with Crippen LogP contribution < -0.4 is 14.8 Å². The summed E-state index contributed by atoms with van der Waals surface area (Å²) in [6.07, 6.45) is -7.20. The van der Waals surface area contributed by atoms with E-state index >= 15 is 0 Å². The van der Waals surface area contributed by atoms with E-state index in [1.54, 1.807) is 12.1 Å². The maximum Gasteiger partial charge on any atom is 0.417 e. The number of nitrogens with one attached hydrogen (secondary N) is 1. The Morgan fingerprint density at radius 3 is 2.48 bits per heavy atom. The van der Waals surface area contributed by atoms with Crippen molar-refractivity contribution in [3.63, 3.8) is 0 Å². The van der Waals surface area contributed by atoms with Gasteiger partial charge in [0, 0.05) is 18.2 Å². The van der Waals surface area contributed by atoms with Crippen LogP contribution in [0.2, 0.25) is 0 Å². The summed E-state index contributed by atoms with van der Waals surface area (Å²) in [7, 11) is 1.50. The maximum atomic E-state index is 12.3. The van der Waals surface area contributed by atoms with Gasteiger partial charge in [0.2, 0.25) is 0 Å². The Morgan fingerprint density at radius 1 is 1.29 bits per heavy atom. The van der Waals surface area contributed by atoms with Crippen LogP contribution in [0.5, 0.6) is 11.5 Å². The molecule has 120 valence electrons. The molecule has 7 heteroatoms. The van der Waals surface area contributed by atoms with Crippen LogP contribution in [-0.4, -0.2) is 37.1 Å². The second kappa shape index (κ2) is 7.51. The number of aliphatic hydroxyl groups is 1. The number of benzene rings is 1. The highest BCUT2D eigenvalue weighted by Gasteiger charge is 2.38. The van der Waals surface area contributed by atoms with Crippen molar-refractivity contribution in [3.8, 4) is 11.5 Å². The molecule has 21 heavy (non-hydrogen) atoms. The standard InChI is InChI=1S/C14H20F3NO3/c1-9(2)18-7-10-6-11(20-3)4-5-12(10)21-8-13(19)14(15,16)17/h4-6,9,13,18-19H,7-8H2,1-3H3. The number of aliphatic hydroxyl groups excluding tert-OH is 1. The predicted octanol–water partition coefficient (Wildman–Crippen LogP) is 2.50. The summed E-state index contributed by atoms with van der Waals surface area (Å²) < 4.78 is 47.0. The van der Waals surface area contributed by atoms with E-state index in [9.17, 15) is 13.2 Å². The van der Waals surface area contributed by atoms with E-state index in [0.29, 0.717) is 17.9 Å². The third kappa shape index (κ3) is 5.81. The highest BCUT2D eigenvalue weighted by atomic mass is 19.4. The zero-order valence-corrected chi connectivity index (χ0v) is 12.2. The van der Waals surface area contributed by atoms with E-state index in [1.807, 2.05) is 13.8 Å². The number of rotatable bonds is 7. The molecule has 0 saturated heterocycles. The van der Waals surface area contributed by atoms with E-state index in [2.05, 4.69) is 5.32 Å². The Bertz CT molecular complexity index is 450. The molecule has 0 heterocycles. The number of hydrogen-bond acceptors (Lipinski definition) is 4. The van der Waals surface area contributed by atoms with Crippen molar-refractivity contribution in [1.29, 1.82) is 0 Å². The van der Waals surface area contributed by atoms with Gasteiger partial charge in [0.25, 0.3) is 0 Å². The van der Waals surface area contributed by atoms with Gasteiger partial charge in [-0.2, -0.15) is 13.2 Å². The first-order valence-corrected chi connectivity index (χ1v) is 6.52. The van der Waals surface area contributed by atoms with Crippen molar-refractivity contribution in [2.75, 3.05) is 13.7 Å². The molecule has 0 aromatic heterocycles. The number of methoxy groups -OCH3 is 1. The molecular formula is C14H20F3NO3. The number of ether oxygens (including phenoxy) is 2. The predicted molar refractivity (Wildman–Crippen MR) is 72.5 cm³/mol. The largest absolute Gasteiger partial charge is 0.497 e. The molecule has 1 rings (SSSR count). The van der Waals surface area contributed by atoms with Gasteiger partial charge in [-0.25, -0.2) is 0 Å². The molecule has 1 atom stereocenters. The molecule has 1 aromatic rings. The zero-order valence-electron chi connectivity index (χ0n) is 12.2. The van der Waals surface area contributed by atoms with Crippen molar-refractivity contribution in [2.24, 2.45) is 0 Å². The SMILES string of the molecule is COc1ccc(OCC(O)C(F)(F)F)c(CNC(C)C)c1. The van der Waals surface area contributed by atoms with Crippen LogP contribution in [0, 0.1) is 0 Å². The van der Waals surface area contributed by atoms with E-state index in [0.717, 1.165) is 0 Å². The lowest BCUT2D eigenvalue weighted by molar-refractivity contribution is -0.210. The van der Waals surface area contributed by atoms with Crippen LogP contribution in [0.3, 0.4) is 0 Å². The number of alkyl halides is 3. The molecule has 0 aliphatic rings. The molecule has 0 fully saturated rings. The summed E-state index contributed by atoms with van der Waals surface area (Å²) in [5.41, 5.74) is 0.664. The lowest BCUT2D eigenvalue weighted by Crippen LogP contribution is -2.34. The molecule has 0 aliphatic heterocycles. The highest BCUT2D eigenvalue weighted by Crippen LogP contribution is 2.26. The van der Waals surface area contributed by atoms with E-state index < -0.39 is 18.9 Å². The average Bonchev–Trinajstić information content (AvgIpc) is 2.41. The van der Waals surface area contributed by atoms with Gasteiger partial charge in [-0.15, -0.1) is 0 Å². The minimum atomic E-state index is -4.69. The molecule has 0 saturated carbocycles. The third-order valence-electron chi connectivity index (χ3n) is 2.74. The molecule has 0 spiro atoms. The molecule has 0 amide bonds. The summed E-state index contributed by atoms with van der Waals surface area (Å²) >= 11 is 0. The van der Waals surface area contributed by atoms with Gasteiger partial charge in [0.1, 0.15) is 18.1 Å². The van der Waals surface area contributed by atoms with Crippen molar-refractivity contribution in [3.05, 3.63) is 23.8 Å². The first-order valence-electron chi connectivity index (χ1n) is 6.52. The quantitative estimate of drug-likeness (QED) is 0.812. The normalized spacial score (nSPS) is 13.3. The number of halogens is 3. The Labute approximate surface area is 121 Å². The zero-order chi connectivity index (χ0) is 16.0. The van der Waals surface area contributed by atoms with Gasteiger partial charge in [-0.05, 0) is 18.2 Å². The summed E-state index contributed by atoms with van der Waals surface area (Å²) in [4.78, 5) is 0. The second-order valence-electron chi connectivity index (χ2n) is 4.88. The fourth-order valence-electron chi connectivity index (χ4n) is 1.54. The highest BCUT2D eigenvalue weighted by molar-refractivity contribution is 5.40. The molecule has 4 nitrogen and oxygen atoms in total. The Hall–Kier alpha value is -1.47. The second-order valence-corrected chi connectivity index (χ2v) is 4.88. The van der Waals surface area contributed by atoms with Crippen molar-refractivity contribution in [1.82, 2.24) is 5.32 Å². The summed E-state index contributed by atoms with van der Waals surface area (Å²) in [5.74, 6) is 0.867. The monoisotopic (exact) mass is 307 g/mol. The molecule has 1 unspecified atom stereocenters. The van der Waals surface area contributed by atoms with Crippen LogP contribution >= 0.6 is 0 Å². The lowest BCUT2D eigenvalue weighted by atomic mass is 10.1. The number of hydrogen-bond donors (Lipinski definition) is 2. The molecule has 0 radical (unpaired) electrons. The van der Waals surface area contributed by atoms with Crippen LogP contribution in [-0.2, 0) is 6.54 Å². The van der Waals surface area contributed by atoms with Gasteiger partial charge in [0.05, 0.1) is 7.11 Å². The Kier molecular flexibility index (Phi) is 6.29. The molecule has 0 bridgehead atoms. The molecular weight excluding hydrogens is 287 g/mol. The first kappa shape index (κ1) is 17.6. The fourth-order valence-corrected chi connectivity index (χ4v) is 1.54. The van der Waals surface area contributed by atoms with Gasteiger partial charge < -0.3 is 19.9 Å². The molecule has 2 N–H and O–H groups in total. The topological polar surface area (TPSA) is 50.7 Å². The van der Waals surface area contributed by atoms with Crippen LogP contribution in [0.25, 0.3) is 0 Å². The van der Waals surface area contributed by atoms with Crippen LogP contribution in [0.4, 0.5) is 13.2 Å². The average molecular weight is 307 g/mol. The Balaban J connectivity index is 2.79. The van der Waals surface area contributed by atoms with Crippen LogP contribution in [0.1, 0.15) is 19.4 Å². The lowest BCUT2D eigenvalue weighted by Gasteiger charge is -2.18. The summed E-state index contributed by atoms with van der Waals surface area (Å²) in [5, 5.41) is 12.1.